The predicted octanol–water partition coefficient (Wildman–Crippen LogP) is 4.78. The second kappa shape index (κ2) is 8.59. The van der Waals surface area contributed by atoms with Crippen LogP contribution in [0.3, 0.4) is 0 Å². The average molecular weight is 444 g/mol. The Bertz CT molecular complexity index is 1220. The highest BCUT2D eigenvalue weighted by Gasteiger charge is 2.25. The number of amides is 1. The Morgan fingerprint density at radius 3 is 2.41 bits per heavy atom. The van der Waals surface area contributed by atoms with E-state index in [-0.39, 0.29) is 5.91 Å². The minimum Gasteiger partial charge on any atom is -0.368 e. The van der Waals surface area contributed by atoms with Crippen molar-refractivity contribution >= 4 is 22.9 Å². The maximum Gasteiger partial charge on any atom is 0.274 e. The molecule has 0 bridgehead atoms. The van der Waals surface area contributed by atoms with Gasteiger partial charge in [-0.1, -0.05) is 48.0 Å². The number of piperazine rings is 1. The molecule has 1 saturated heterocycles. The number of aromatic nitrogens is 3. The fraction of sp³-hybridized carbons (Fsp3) is 0.240. The molecule has 1 N–H and O–H groups in total. The number of aromatic amines is 1. The number of nitrogens with one attached hydrogen (secondary N) is 1. The Morgan fingerprint density at radius 2 is 1.69 bits per heavy atom. The molecular formula is C25H25N5OS. The van der Waals surface area contributed by atoms with Gasteiger partial charge in [0.05, 0.1) is 16.3 Å². The predicted molar refractivity (Wildman–Crippen MR) is 129 cm³/mol. The third-order valence-electron chi connectivity index (χ3n) is 5.82. The van der Waals surface area contributed by atoms with Crippen molar-refractivity contribution in [2.45, 2.75) is 13.8 Å². The van der Waals surface area contributed by atoms with Gasteiger partial charge in [-0.15, -0.1) is 11.3 Å². The lowest BCUT2D eigenvalue weighted by molar-refractivity contribution is 0.0741. The molecule has 0 radical (unpaired) electrons. The van der Waals surface area contributed by atoms with E-state index in [1.807, 2.05) is 36.1 Å². The van der Waals surface area contributed by atoms with Crippen molar-refractivity contribution in [3.8, 4) is 21.1 Å². The van der Waals surface area contributed by atoms with Gasteiger partial charge in [-0.25, -0.2) is 4.98 Å². The number of thiazole rings is 1. The molecule has 162 valence electrons. The van der Waals surface area contributed by atoms with Crippen LogP contribution >= 0.6 is 11.3 Å². The summed E-state index contributed by atoms with van der Waals surface area (Å²) in [6, 6.07) is 20.6. The van der Waals surface area contributed by atoms with E-state index in [0.717, 1.165) is 39.9 Å². The second-order valence-electron chi connectivity index (χ2n) is 8.08. The zero-order valence-corrected chi connectivity index (χ0v) is 19.0. The Balaban J connectivity index is 1.29. The van der Waals surface area contributed by atoms with Gasteiger partial charge < -0.3 is 9.80 Å². The fourth-order valence-corrected chi connectivity index (χ4v) is 5.02. The number of benzene rings is 2. The first-order valence-corrected chi connectivity index (χ1v) is 11.6. The number of aryl methyl sites for hydroxylation is 2. The van der Waals surface area contributed by atoms with Crippen LogP contribution in [0.4, 0.5) is 5.69 Å². The summed E-state index contributed by atoms with van der Waals surface area (Å²) in [4.78, 5) is 23.0. The zero-order chi connectivity index (χ0) is 22.1. The molecule has 1 aliphatic rings. The number of hydrogen-bond donors (Lipinski definition) is 1. The lowest BCUT2D eigenvalue weighted by Gasteiger charge is -2.35. The van der Waals surface area contributed by atoms with Crippen LogP contribution in [0.5, 0.6) is 0 Å². The van der Waals surface area contributed by atoms with Crippen LogP contribution < -0.4 is 4.90 Å². The van der Waals surface area contributed by atoms with E-state index in [2.05, 4.69) is 58.4 Å². The van der Waals surface area contributed by atoms with Crippen LogP contribution in [-0.2, 0) is 0 Å². The number of para-hydroxylation sites is 1. The molecule has 1 aliphatic heterocycles. The van der Waals surface area contributed by atoms with Crippen LogP contribution in [0.25, 0.3) is 21.1 Å². The SMILES string of the molecule is Cc1ccc(-c2nc(C)c(-c3cc(C(=O)N4CCN(c5ccccc5)CC4)n[nH]3)s2)cc1. The van der Waals surface area contributed by atoms with Crippen molar-refractivity contribution in [2.75, 3.05) is 31.1 Å². The first-order chi connectivity index (χ1) is 15.6. The van der Waals surface area contributed by atoms with Gasteiger partial charge in [-0.2, -0.15) is 5.10 Å². The van der Waals surface area contributed by atoms with E-state index in [4.69, 9.17) is 4.98 Å². The Morgan fingerprint density at radius 1 is 0.969 bits per heavy atom. The fourth-order valence-electron chi connectivity index (χ4n) is 3.98. The molecular weight excluding hydrogens is 418 g/mol. The van der Waals surface area contributed by atoms with E-state index < -0.39 is 0 Å². The standard InChI is InChI=1S/C25H25N5OS/c1-17-8-10-19(11-9-17)24-26-18(2)23(32-24)21-16-22(28-27-21)25(31)30-14-12-29(13-15-30)20-6-4-3-5-7-20/h3-11,16H,12-15H2,1-2H3,(H,27,28). The molecule has 0 atom stereocenters. The minimum atomic E-state index is -0.0267. The smallest absolute Gasteiger partial charge is 0.274 e. The first-order valence-electron chi connectivity index (χ1n) is 10.8. The normalized spacial score (nSPS) is 14.1. The van der Waals surface area contributed by atoms with Crippen molar-refractivity contribution in [3.05, 3.63) is 77.6 Å². The third kappa shape index (κ3) is 4.03. The zero-order valence-electron chi connectivity index (χ0n) is 18.2. The quantitative estimate of drug-likeness (QED) is 0.493. The molecule has 0 spiro atoms. The molecule has 0 unspecified atom stereocenters. The highest BCUT2D eigenvalue weighted by molar-refractivity contribution is 7.18. The second-order valence-corrected chi connectivity index (χ2v) is 9.08. The van der Waals surface area contributed by atoms with Gasteiger partial charge in [0.15, 0.2) is 5.69 Å². The Kier molecular flexibility index (Phi) is 5.49. The van der Waals surface area contributed by atoms with E-state index in [0.29, 0.717) is 18.8 Å². The van der Waals surface area contributed by atoms with Crippen molar-refractivity contribution in [1.82, 2.24) is 20.1 Å². The number of anilines is 1. The maximum atomic E-state index is 13.0. The Labute approximate surface area is 191 Å². The topological polar surface area (TPSA) is 65.1 Å². The van der Waals surface area contributed by atoms with Gasteiger partial charge in [0, 0.05) is 37.4 Å². The summed E-state index contributed by atoms with van der Waals surface area (Å²) >= 11 is 1.62. The third-order valence-corrected chi connectivity index (χ3v) is 7.06. The van der Waals surface area contributed by atoms with Gasteiger partial charge in [-0.3, -0.25) is 9.89 Å². The van der Waals surface area contributed by atoms with Crippen LogP contribution in [0.2, 0.25) is 0 Å². The number of carbonyl (C=O) groups is 1. The molecule has 2 aromatic carbocycles. The number of H-pyrrole nitrogens is 1. The summed E-state index contributed by atoms with van der Waals surface area (Å²) in [5, 5.41) is 8.35. The monoisotopic (exact) mass is 443 g/mol. The molecule has 32 heavy (non-hydrogen) atoms. The van der Waals surface area contributed by atoms with E-state index >= 15 is 0 Å². The van der Waals surface area contributed by atoms with Crippen LogP contribution in [0.1, 0.15) is 21.7 Å². The lowest BCUT2D eigenvalue weighted by Crippen LogP contribution is -2.48. The van der Waals surface area contributed by atoms with E-state index in [1.54, 1.807) is 11.3 Å². The van der Waals surface area contributed by atoms with Crippen LogP contribution in [-0.4, -0.2) is 52.2 Å². The van der Waals surface area contributed by atoms with Crippen molar-refractivity contribution < 1.29 is 4.79 Å². The molecule has 0 aliphatic carbocycles. The first kappa shape index (κ1) is 20.5. The van der Waals surface area contributed by atoms with E-state index in [1.165, 1.54) is 11.3 Å². The van der Waals surface area contributed by atoms with Crippen molar-refractivity contribution in [3.63, 3.8) is 0 Å². The number of carbonyl (C=O) groups excluding carboxylic acids is 1. The number of nitrogens with zero attached hydrogens (tertiary/aromatic N) is 4. The van der Waals surface area contributed by atoms with Gasteiger partial charge in [0.1, 0.15) is 5.01 Å². The summed E-state index contributed by atoms with van der Waals surface area (Å²) in [7, 11) is 0. The van der Waals surface area contributed by atoms with Gasteiger partial charge >= 0.3 is 0 Å². The summed E-state index contributed by atoms with van der Waals surface area (Å²) in [5.74, 6) is -0.0267. The summed E-state index contributed by atoms with van der Waals surface area (Å²) in [6.07, 6.45) is 0. The largest absolute Gasteiger partial charge is 0.368 e. The highest BCUT2D eigenvalue weighted by Crippen LogP contribution is 2.34. The molecule has 1 fully saturated rings. The average Bonchev–Trinajstić information content (AvgIpc) is 3.47. The highest BCUT2D eigenvalue weighted by atomic mass is 32.1. The summed E-state index contributed by atoms with van der Waals surface area (Å²) in [6.45, 7) is 7.09. The molecule has 7 heteroatoms. The van der Waals surface area contributed by atoms with Gasteiger partial charge in [-0.05, 0) is 32.0 Å². The molecule has 1 amide bonds. The Hall–Kier alpha value is -3.45. The van der Waals surface area contributed by atoms with Crippen molar-refractivity contribution in [1.29, 1.82) is 0 Å². The van der Waals surface area contributed by atoms with Gasteiger partial charge in [0.2, 0.25) is 0 Å². The maximum absolute atomic E-state index is 13.0. The van der Waals surface area contributed by atoms with Crippen molar-refractivity contribution in [2.24, 2.45) is 0 Å². The van der Waals surface area contributed by atoms with Crippen LogP contribution in [0, 0.1) is 13.8 Å². The van der Waals surface area contributed by atoms with E-state index in [9.17, 15) is 4.79 Å². The molecule has 4 aromatic rings. The lowest BCUT2D eigenvalue weighted by atomic mass is 10.2. The van der Waals surface area contributed by atoms with Crippen LogP contribution in [0.15, 0.2) is 60.7 Å². The molecule has 6 nitrogen and oxygen atoms in total. The molecule has 2 aromatic heterocycles. The summed E-state index contributed by atoms with van der Waals surface area (Å²) in [5.41, 5.74) is 5.75. The molecule has 5 rings (SSSR count). The molecule has 0 saturated carbocycles. The van der Waals surface area contributed by atoms with Gasteiger partial charge in [0.25, 0.3) is 5.91 Å². The number of rotatable bonds is 4. The minimum absolute atomic E-state index is 0.0267. The number of hydrogen-bond acceptors (Lipinski definition) is 5. The molecule has 3 heterocycles. The summed E-state index contributed by atoms with van der Waals surface area (Å²) < 4.78 is 0.